The lowest BCUT2D eigenvalue weighted by molar-refractivity contribution is -0.118. The first-order valence-corrected chi connectivity index (χ1v) is 5.29. The number of rotatable bonds is 3. The zero-order chi connectivity index (χ0) is 9.10. The van der Waals surface area contributed by atoms with Crippen LogP contribution in [0.15, 0.2) is 0 Å². The minimum absolute atomic E-state index is 0.342. The molecule has 3 heteroatoms. The van der Waals surface area contributed by atoms with Crippen LogP contribution in [0.1, 0.15) is 25.7 Å². The first kappa shape index (κ1) is 9.44. The van der Waals surface area contributed by atoms with Crippen LogP contribution in [0.2, 0.25) is 0 Å². The zero-order valence-electron chi connectivity index (χ0n) is 8.29. The normalized spacial score (nSPS) is 35.8. The first-order chi connectivity index (χ1) is 6.40. The van der Waals surface area contributed by atoms with Crippen LogP contribution in [0.4, 0.5) is 0 Å². The van der Waals surface area contributed by atoms with Crippen LogP contribution >= 0.6 is 0 Å². The molecule has 1 heterocycles. The van der Waals surface area contributed by atoms with E-state index in [0.29, 0.717) is 18.3 Å². The molecule has 0 aromatic rings. The SMILES string of the molecule is COC1CCCCC1OC1CNC1. The van der Waals surface area contributed by atoms with E-state index in [1.165, 1.54) is 25.7 Å². The van der Waals surface area contributed by atoms with Gasteiger partial charge in [0.05, 0.1) is 18.3 Å². The van der Waals surface area contributed by atoms with E-state index < -0.39 is 0 Å². The molecule has 2 rings (SSSR count). The van der Waals surface area contributed by atoms with E-state index in [0.717, 1.165) is 13.1 Å². The quantitative estimate of drug-likeness (QED) is 0.709. The standard InChI is InChI=1S/C10H19NO2/c1-12-9-4-2-3-5-10(9)13-8-6-11-7-8/h8-11H,2-7H2,1H3. The van der Waals surface area contributed by atoms with Gasteiger partial charge in [-0.2, -0.15) is 0 Å². The largest absolute Gasteiger partial charge is 0.379 e. The van der Waals surface area contributed by atoms with E-state index in [1.54, 1.807) is 7.11 Å². The van der Waals surface area contributed by atoms with Crippen molar-refractivity contribution in [2.75, 3.05) is 20.2 Å². The molecule has 0 aromatic carbocycles. The summed E-state index contributed by atoms with van der Waals surface area (Å²) in [5.41, 5.74) is 0. The molecule has 2 fully saturated rings. The Balaban J connectivity index is 1.79. The minimum Gasteiger partial charge on any atom is -0.379 e. The van der Waals surface area contributed by atoms with Crippen LogP contribution in [0.3, 0.4) is 0 Å². The Morgan fingerprint density at radius 3 is 2.31 bits per heavy atom. The number of ether oxygens (including phenoxy) is 2. The summed E-state index contributed by atoms with van der Waals surface area (Å²) in [5.74, 6) is 0. The van der Waals surface area contributed by atoms with Gasteiger partial charge in [-0.25, -0.2) is 0 Å². The van der Waals surface area contributed by atoms with Gasteiger partial charge in [-0.15, -0.1) is 0 Å². The van der Waals surface area contributed by atoms with Crippen LogP contribution in [0.25, 0.3) is 0 Å². The van der Waals surface area contributed by atoms with Crippen molar-refractivity contribution < 1.29 is 9.47 Å². The Bertz CT molecular complexity index is 159. The molecule has 1 aliphatic heterocycles. The third-order valence-electron chi connectivity index (χ3n) is 3.06. The molecule has 0 radical (unpaired) electrons. The highest BCUT2D eigenvalue weighted by atomic mass is 16.5. The van der Waals surface area contributed by atoms with Crippen molar-refractivity contribution in [3.8, 4) is 0 Å². The van der Waals surface area contributed by atoms with E-state index >= 15 is 0 Å². The van der Waals surface area contributed by atoms with Crippen LogP contribution in [-0.4, -0.2) is 38.5 Å². The van der Waals surface area contributed by atoms with E-state index in [-0.39, 0.29) is 0 Å². The summed E-state index contributed by atoms with van der Waals surface area (Å²) < 4.78 is 11.4. The lowest BCUT2D eigenvalue weighted by Gasteiger charge is -2.36. The second-order valence-electron chi connectivity index (χ2n) is 4.01. The van der Waals surface area contributed by atoms with Crippen molar-refractivity contribution in [1.82, 2.24) is 5.32 Å². The lowest BCUT2D eigenvalue weighted by atomic mass is 9.94. The summed E-state index contributed by atoms with van der Waals surface area (Å²) in [6, 6.07) is 0. The molecule has 1 saturated heterocycles. The van der Waals surface area contributed by atoms with E-state index in [2.05, 4.69) is 5.32 Å². The lowest BCUT2D eigenvalue weighted by Crippen LogP contribution is -2.52. The average Bonchev–Trinajstić information content (AvgIpc) is 2.12. The summed E-state index contributed by atoms with van der Waals surface area (Å²) in [7, 11) is 1.80. The highest BCUT2D eigenvalue weighted by Gasteiger charge is 2.30. The predicted molar refractivity (Wildman–Crippen MR) is 50.8 cm³/mol. The Kier molecular flexibility index (Phi) is 3.19. The molecule has 2 unspecified atom stereocenters. The van der Waals surface area contributed by atoms with Gasteiger partial charge in [0.15, 0.2) is 0 Å². The highest BCUT2D eigenvalue weighted by molar-refractivity contribution is 4.82. The van der Waals surface area contributed by atoms with Crippen LogP contribution in [0, 0.1) is 0 Å². The van der Waals surface area contributed by atoms with Gasteiger partial charge in [0.25, 0.3) is 0 Å². The second-order valence-corrected chi connectivity index (χ2v) is 4.01. The fourth-order valence-electron chi connectivity index (χ4n) is 2.09. The van der Waals surface area contributed by atoms with E-state index in [9.17, 15) is 0 Å². The van der Waals surface area contributed by atoms with Crippen molar-refractivity contribution in [3.63, 3.8) is 0 Å². The van der Waals surface area contributed by atoms with Crippen LogP contribution in [0.5, 0.6) is 0 Å². The van der Waals surface area contributed by atoms with Gasteiger partial charge in [-0.1, -0.05) is 12.8 Å². The van der Waals surface area contributed by atoms with Gasteiger partial charge in [-0.3, -0.25) is 0 Å². The second kappa shape index (κ2) is 4.40. The Morgan fingerprint density at radius 1 is 1.08 bits per heavy atom. The zero-order valence-corrected chi connectivity index (χ0v) is 8.29. The number of nitrogens with one attached hydrogen (secondary N) is 1. The molecular formula is C10H19NO2. The van der Waals surface area contributed by atoms with Gasteiger partial charge in [0.1, 0.15) is 0 Å². The molecule has 2 aliphatic rings. The van der Waals surface area contributed by atoms with Crippen molar-refractivity contribution >= 4 is 0 Å². The Labute approximate surface area is 79.8 Å². The van der Waals surface area contributed by atoms with Crippen molar-refractivity contribution in [3.05, 3.63) is 0 Å². The molecule has 0 aromatic heterocycles. The van der Waals surface area contributed by atoms with E-state index in [4.69, 9.17) is 9.47 Å². The third kappa shape index (κ3) is 2.22. The number of hydrogen-bond acceptors (Lipinski definition) is 3. The molecular weight excluding hydrogens is 166 g/mol. The van der Waals surface area contributed by atoms with Gasteiger partial charge in [0.2, 0.25) is 0 Å². The maximum atomic E-state index is 5.94. The fraction of sp³-hybridized carbons (Fsp3) is 1.00. The summed E-state index contributed by atoms with van der Waals surface area (Å²) in [6.07, 6.45) is 6.07. The molecule has 1 N–H and O–H groups in total. The van der Waals surface area contributed by atoms with Crippen molar-refractivity contribution in [1.29, 1.82) is 0 Å². The summed E-state index contributed by atoms with van der Waals surface area (Å²) in [4.78, 5) is 0. The monoisotopic (exact) mass is 185 g/mol. The molecule has 0 amide bonds. The molecule has 3 nitrogen and oxygen atoms in total. The molecule has 0 spiro atoms. The van der Waals surface area contributed by atoms with Crippen LogP contribution < -0.4 is 5.32 Å². The van der Waals surface area contributed by atoms with Gasteiger partial charge >= 0.3 is 0 Å². The summed E-state index contributed by atoms with van der Waals surface area (Å²) in [6.45, 7) is 2.04. The topological polar surface area (TPSA) is 30.5 Å². The molecule has 13 heavy (non-hydrogen) atoms. The smallest absolute Gasteiger partial charge is 0.0841 e. The Hall–Kier alpha value is -0.120. The van der Waals surface area contributed by atoms with Gasteiger partial charge < -0.3 is 14.8 Å². The number of methoxy groups -OCH3 is 1. The summed E-state index contributed by atoms with van der Waals surface area (Å²) in [5, 5.41) is 3.22. The van der Waals surface area contributed by atoms with Gasteiger partial charge in [0, 0.05) is 20.2 Å². The first-order valence-electron chi connectivity index (χ1n) is 5.29. The summed E-state index contributed by atoms with van der Waals surface area (Å²) >= 11 is 0. The number of hydrogen-bond donors (Lipinski definition) is 1. The molecule has 2 atom stereocenters. The van der Waals surface area contributed by atoms with Crippen LogP contribution in [-0.2, 0) is 9.47 Å². The molecule has 76 valence electrons. The third-order valence-corrected chi connectivity index (χ3v) is 3.06. The predicted octanol–water partition coefficient (Wildman–Crippen LogP) is 0.932. The Morgan fingerprint density at radius 2 is 1.77 bits per heavy atom. The van der Waals surface area contributed by atoms with Gasteiger partial charge in [-0.05, 0) is 12.8 Å². The fourth-order valence-corrected chi connectivity index (χ4v) is 2.09. The maximum absolute atomic E-state index is 5.94. The van der Waals surface area contributed by atoms with Crippen molar-refractivity contribution in [2.24, 2.45) is 0 Å². The van der Waals surface area contributed by atoms with E-state index in [1.807, 2.05) is 0 Å². The van der Waals surface area contributed by atoms with Crippen molar-refractivity contribution in [2.45, 2.75) is 44.0 Å². The maximum Gasteiger partial charge on any atom is 0.0841 e. The molecule has 1 aliphatic carbocycles. The highest BCUT2D eigenvalue weighted by Crippen LogP contribution is 2.24. The minimum atomic E-state index is 0.342. The molecule has 1 saturated carbocycles. The molecule has 0 bridgehead atoms. The average molecular weight is 185 g/mol.